The zero-order chi connectivity index (χ0) is 19.8. The number of nitrogens with one attached hydrogen (secondary N) is 2. The van der Waals surface area contributed by atoms with Gasteiger partial charge in [-0.2, -0.15) is 0 Å². The topological polar surface area (TPSA) is 70.6 Å². The summed E-state index contributed by atoms with van der Waals surface area (Å²) in [5.41, 5.74) is 2.20. The van der Waals surface area contributed by atoms with Gasteiger partial charge in [-0.05, 0) is 43.2 Å². The number of nitrogens with zero attached hydrogens (tertiary/aromatic N) is 1. The number of halogens is 1. The van der Waals surface area contributed by atoms with Crippen molar-refractivity contribution in [2.45, 2.75) is 65.8 Å². The van der Waals surface area contributed by atoms with E-state index in [1.165, 1.54) is 6.26 Å². The van der Waals surface area contributed by atoms with Crippen molar-refractivity contribution < 1.29 is 8.42 Å². The molecule has 0 aromatic heterocycles. The minimum absolute atomic E-state index is 0. The van der Waals surface area contributed by atoms with Crippen molar-refractivity contribution in [1.29, 1.82) is 0 Å². The smallest absolute Gasteiger partial charge is 0.191 e. The summed E-state index contributed by atoms with van der Waals surface area (Å²) in [6.07, 6.45) is 3.50. The van der Waals surface area contributed by atoms with E-state index in [0.29, 0.717) is 18.0 Å². The molecule has 1 aromatic carbocycles. The molecule has 0 radical (unpaired) electrons. The van der Waals surface area contributed by atoms with Crippen LogP contribution in [-0.2, 0) is 22.1 Å². The van der Waals surface area contributed by atoms with Gasteiger partial charge in [0, 0.05) is 18.8 Å². The fourth-order valence-electron chi connectivity index (χ4n) is 2.49. The molecule has 27 heavy (non-hydrogen) atoms. The standard InChI is InChI=1S/C20H35N3O2S.HI/c1-7-21-19(23-16(2)12-13-20(3,4)5)22-14-17-8-10-18(11-9-17)15-26(6,24)25;/h8-11,16H,7,12-15H2,1-6H3,(H2,21,22,23);1H. The number of guanidine groups is 1. The summed E-state index contributed by atoms with van der Waals surface area (Å²) in [7, 11) is -3.00. The van der Waals surface area contributed by atoms with Crippen LogP contribution in [0.1, 0.15) is 58.6 Å². The molecule has 0 aliphatic rings. The van der Waals surface area contributed by atoms with Crippen molar-refractivity contribution >= 4 is 39.8 Å². The van der Waals surface area contributed by atoms with Gasteiger partial charge < -0.3 is 10.6 Å². The molecule has 0 spiro atoms. The lowest BCUT2D eigenvalue weighted by Crippen LogP contribution is -2.42. The Hall–Kier alpha value is -0.830. The van der Waals surface area contributed by atoms with Gasteiger partial charge in [0.1, 0.15) is 0 Å². The minimum Gasteiger partial charge on any atom is -0.357 e. The van der Waals surface area contributed by atoms with Crippen molar-refractivity contribution in [2.24, 2.45) is 10.4 Å². The number of aliphatic imine (C=N–C) groups is 1. The maximum absolute atomic E-state index is 11.4. The van der Waals surface area contributed by atoms with Crippen LogP contribution in [0.15, 0.2) is 29.3 Å². The fraction of sp³-hybridized carbons (Fsp3) is 0.650. The van der Waals surface area contributed by atoms with Crippen LogP contribution in [0.5, 0.6) is 0 Å². The predicted molar refractivity (Wildman–Crippen MR) is 127 cm³/mol. The summed E-state index contributed by atoms with van der Waals surface area (Å²) in [5, 5.41) is 6.75. The molecule has 1 atom stereocenters. The molecule has 0 aliphatic heterocycles. The van der Waals surface area contributed by atoms with E-state index in [-0.39, 0.29) is 29.7 Å². The zero-order valence-electron chi connectivity index (χ0n) is 17.5. The molecule has 0 amide bonds. The molecule has 0 bridgehead atoms. The number of sulfone groups is 1. The van der Waals surface area contributed by atoms with Crippen LogP contribution >= 0.6 is 24.0 Å². The molecule has 5 nitrogen and oxygen atoms in total. The first-order valence-electron chi connectivity index (χ1n) is 9.29. The van der Waals surface area contributed by atoms with Crippen LogP contribution < -0.4 is 10.6 Å². The average molecular weight is 509 g/mol. The van der Waals surface area contributed by atoms with Gasteiger partial charge in [-0.1, -0.05) is 45.0 Å². The van der Waals surface area contributed by atoms with Gasteiger partial charge >= 0.3 is 0 Å². The van der Waals surface area contributed by atoms with Gasteiger partial charge in [-0.3, -0.25) is 0 Å². The van der Waals surface area contributed by atoms with E-state index in [0.717, 1.165) is 36.5 Å². The predicted octanol–water partition coefficient (Wildman–Crippen LogP) is 4.12. The van der Waals surface area contributed by atoms with Crippen LogP contribution in [0.3, 0.4) is 0 Å². The second-order valence-electron chi connectivity index (χ2n) is 8.23. The Kier molecular flexibility index (Phi) is 11.5. The van der Waals surface area contributed by atoms with E-state index in [1.54, 1.807) is 0 Å². The van der Waals surface area contributed by atoms with Crippen molar-refractivity contribution in [3.63, 3.8) is 0 Å². The second-order valence-corrected chi connectivity index (χ2v) is 10.4. The van der Waals surface area contributed by atoms with Crippen LogP contribution in [0, 0.1) is 5.41 Å². The van der Waals surface area contributed by atoms with Crippen LogP contribution in [0.2, 0.25) is 0 Å². The Morgan fingerprint density at radius 1 is 1.15 bits per heavy atom. The van der Waals surface area contributed by atoms with Crippen LogP contribution in [-0.4, -0.2) is 33.2 Å². The Morgan fingerprint density at radius 3 is 2.19 bits per heavy atom. The Morgan fingerprint density at radius 2 is 1.70 bits per heavy atom. The van der Waals surface area contributed by atoms with Gasteiger partial charge in [0.25, 0.3) is 0 Å². The second kappa shape index (κ2) is 11.9. The third kappa shape index (κ3) is 13.1. The molecule has 0 heterocycles. The molecule has 0 fully saturated rings. The van der Waals surface area contributed by atoms with E-state index in [4.69, 9.17) is 0 Å². The number of rotatable bonds is 8. The SMILES string of the molecule is CCNC(=NCc1ccc(CS(C)(=O)=O)cc1)NC(C)CCC(C)(C)C.I. The monoisotopic (exact) mass is 509 g/mol. The molecule has 2 N–H and O–H groups in total. The Labute approximate surface area is 182 Å². The fourth-order valence-corrected chi connectivity index (χ4v) is 3.29. The van der Waals surface area contributed by atoms with E-state index < -0.39 is 9.84 Å². The van der Waals surface area contributed by atoms with Crippen LogP contribution in [0.25, 0.3) is 0 Å². The van der Waals surface area contributed by atoms with E-state index >= 15 is 0 Å². The van der Waals surface area contributed by atoms with E-state index in [2.05, 4.69) is 50.2 Å². The molecule has 1 rings (SSSR count). The summed E-state index contributed by atoms with van der Waals surface area (Å²) < 4.78 is 22.7. The maximum Gasteiger partial charge on any atom is 0.191 e. The molecule has 1 aromatic rings. The summed E-state index contributed by atoms with van der Waals surface area (Å²) in [5.74, 6) is 0.889. The quantitative estimate of drug-likeness (QED) is 0.314. The van der Waals surface area contributed by atoms with Gasteiger partial charge in [-0.15, -0.1) is 24.0 Å². The number of benzene rings is 1. The van der Waals surface area contributed by atoms with Crippen molar-refractivity contribution in [3.05, 3.63) is 35.4 Å². The molecule has 156 valence electrons. The van der Waals surface area contributed by atoms with Crippen LogP contribution in [0.4, 0.5) is 0 Å². The summed E-state index contributed by atoms with van der Waals surface area (Å²) in [6, 6.07) is 7.95. The highest BCUT2D eigenvalue weighted by molar-refractivity contribution is 14.0. The molecule has 0 saturated carbocycles. The first kappa shape index (κ1) is 26.2. The highest BCUT2D eigenvalue weighted by atomic mass is 127. The molecular weight excluding hydrogens is 473 g/mol. The van der Waals surface area contributed by atoms with Gasteiger partial charge in [0.05, 0.1) is 12.3 Å². The third-order valence-corrected chi connectivity index (χ3v) is 4.78. The van der Waals surface area contributed by atoms with E-state index in [1.807, 2.05) is 24.3 Å². The summed E-state index contributed by atoms with van der Waals surface area (Å²) >= 11 is 0. The zero-order valence-corrected chi connectivity index (χ0v) is 20.6. The Bertz CT molecular complexity index is 680. The highest BCUT2D eigenvalue weighted by Gasteiger charge is 2.13. The van der Waals surface area contributed by atoms with Crippen molar-refractivity contribution in [2.75, 3.05) is 12.8 Å². The van der Waals surface area contributed by atoms with Crippen molar-refractivity contribution in [1.82, 2.24) is 10.6 Å². The van der Waals surface area contributed by atoms with E-state index in [9.17, 15) is 8.42 Å². The largest absolute Gasteiger partial charge is 0.357 e. The molecule has 0 saturated heterocycles. The number of hydrogen-bond acceptors (Lipinski definition) is 3. The third-order valence-electron chi connectivity index (χ3n) is 3.93. The van der Waals surface area contributed by atoms with Crippen molar-refractivity contribution in [3.8, 4) is 0 Å². The summed E-state index contributed by atoms with van der Waals surface area (Å²) in [4.78, 5) is 4.65. The molecule has 1 unspecified atom stereocenters. The maximum atomic E-state index is 11.4. The Balaban J connectivity index is 0.00000676. The summed E-state index contributed by atoms with van der Waals surface area (Å²) in [6.45, 7) is 12.4. The van der Waals surface area contributed by atoms with Gasteiger partial charge in [-0.25, -0.2) is 13.4 Å². The lowest BCUT2D eigenvalue weighted by molar-refractivity contribution is 0.346. The minimum atomic E-state index is -3.00. The average Bonchev–Trinajstić information content (AvgIpc) is 2.50. The number of hydrogen-bond donors (Lipinski definition) is 2. The lowest BCUT2D eigenvalue weighted by atomic mass is 9.89. The van der Waals surface area contributed by atoms with Gasteiger partial charge in [0.2, 0.25) is 0 Å². The first-order chi connectivity index (χ1) is 12.0. The normalized spacial score (nSPS) is 13.6. The molecular formula is C20H36IN3O2S. The molecule has 0 aliphatic carbocycles. The first-order valence-corrected chi connectivity index (χ1v) is 11.3. The lowest BCUT2D eigenvalue weighted by Gasteiger charge is -2.23. The highest BCUT2D eigenvalue weighted by Crippen LogP contribution is 2.21. The van der Waals surface area contributed by atoms with Gasteiger partial charge in [0.15, 0.2) is 15.8 Å². The molecule has 7 heteroatoms.